The van der Waals surface area contributed by atoms with Crippen LogP contribution in [0.2, 0.25) is 0 Å². The van der Waals surface area contributed by atoms with Crippen LogP contribution in [0, 0.1) is 5.92 Å². The normalized spacial score (nSPS) is 29.8. The molecule has 70 valence electrons. The minimum absolute atomic E-state index is 0.118. The number of nitrogens with zero attached hydrogens (tertiary/aromatic N) is 1. The molecule has 0 bridgehead atoms. The molecule has 4 heteroatoms. The van der Waals surface area contributed by atoms with Gasteiger partial charge in [-0.05, 0) is 12.8 Å². The van der Waals surface area contributed by atoms with Crippen LogP contribution in [-0.4, -0.2) is 23.7 Å². The first-order valence-corrected chi connectivity index (χ1v) is 4.43. The van der Waals surface area contributed by atoms with Gasteiger partial charge in [0.25, 0.3) is 0 Å². The van der Waals surface area contributed by atoms with Crippen molar-refractivity contribution in [2.75, 3.05) is 6.54 Å². The van der Waals surface area contributed by atoms with Crippen LogP contribution in [0.3, 0.4) is 0 Å². The van der Waals surface area contributed by atoms with Gasteiger partial charge in [0, 0.05) is 12.5 Å². The fraction of sp³-hybridized carbons (Fsp3) is 0.875. The summed E-state index contributed by atoms with van der Waals surface area (Å²) in [4.78, 5) is 3.91. The number of rotatable bonds is 2. The SMILES string of the molecule is NC(N)=NCC1CCCCC1O. The number of aliphatic hydroxyl groups excluding tert-OH is 1. The van der Waals surface area contributed by atoms with E-state index in [2.05, 4.69) is 4.99 Å². The van der Waals surface area contributed by atoms with Crippen molar-refractivity contribution in [1.82, 2.24) is 0 Å². The second-order valence-corrected chi connectivity index (χ2v) is 3.38. The van der Waals surface area contributed by atoms with E-state index in [-0.39, 0.29) is 18.0 Å². The molecule has 0 aromatic carbocycles. The van der Waals surface area contributed by atoms with Gasteiger partial charge in [-0.3, -0.25) is 4.99 Å². The first kappa shape index (κ1) is 9.32. The lowest BCUT2D eigenvalue weighted by molar-refractivity contribution is 0.0745. The van der Waals surface area contributed by atoms with Crippen LogP contribution >= 0.6 is 0 Å². The summed E-state index contributed by atoms with van der Waals surface area (Å²) in [6.45, 7) is 0.573. The van der Waals surface area contributed by atoms with Gasteiger partial charge >= 0.3 is 0 Å². The van der Waals surface area contributed by atoms with E-state index in [1.807, 2.05) is 0 Å². The number of hydrogen-bond donors (Lipinski definition) is 3. The highest BCUT2D eigenvalue weighted by molar-refractivity contribution is 5.75. The molecule has 1 aliphatic rings. The average molecular weight is 171 g/mol. The van der Waals surface area contributed by atoms with Crippen molar-refractivity contribution < 1.29 is 5.11 Å². The average Bonchev–Trinajstić information content (AvgIpc) is 2.03. The van der Waals surface area contributed by atoms with Crippen molar-refractivity contribution in [3.8, 4) is 0 Å². The molecule has 2 unspecified atom stereocenters. The quantitative estimate of drug-likeness (QED) is 0.397. The summed E-state index contributed by atoms with van der Waals surface area (Å²) in [6.07, 6.45) is 4.03. The molecule has 0 aromatic rings. The molecule has 1 fully saturated rings. The van der Waals surface area contributed by atoms with Gasteiger partial charge in [-0.25, -0.2) is 0 Å². The smallest absolute Gasteiger partial charge is 0.185 e. The van der Waals surface area contributed by atoms with Crippen LogP contribution < -0.4 is 11.5 Å². The predicted octanol–water partition coefficient (Wildman–Crippen LogP) is -0.189. The summed E-state index contributed by atoms with van der Waals surface area (Å²) in [6, 6.07) is 0. The van der Waals surface area contributed by atoms with Gasteiger partial charge in [0.2, 0.25) is 0 Å². The van der Waals surface area contributed by atoms with E-state index >= 15 is 0 Å². The van der Waals surface area contributed by atoms with E-state index in [1.165, 1.54) is 6.42 Å². The molecule has 0 radical (unpaired) electrons. The molecule has 1 rings (SSSR count). The Morgan fingerprint density at radius 2 is 2.00 bits per heavy atom. The highest BCUT2D eigenvalue weighted by Gasteiger charge is 2.22. The summed E-state index contributed by atoms with van der Waals surface area (Å²) >= 11 is 0. The molecular weight excluding hydrogens is 154 g/mol. The lowest BCUT2D eigenvalue weighted by Gasteiger charge is -2.25. The predicted molar refractivity (Wildman–Crippen MR) is 48.6 cm³/mol. The van der Waals surface area contributed by atoms with E-state index < -0.39 is 0 Å². The first-order chi connectivity index (χ1) is 5.70. The topological polar surface area (TPSA) is 84.6 Å². The molecule has 0 amide bonds. The first-order valence-electron chi connectivity index (χ1n) is 4.43. The van der Waals surface area contributed by atoms with Crippen LogP contribution in [-0.2, 0) is 0 Å². The molecule has 0 saturated heterocycles. The monoisotopic (exact) mass is 171 g/mol. The summed E-state index contributed by atoms with van der Waals surface area (Å²) in [5, 5.41) is 9.53. The van der Waals surface area contributed by atoms with Crippen LogP contribution in [0.4, 0.5) is 0 Å². The van der Waals surface area contributed by atoms with Crippen molar-refractivity contribution in [3.05, 3.63) is 0 Å². The molecule has 0 aliphatic heterocycles. The van der Waals surface area contributed by atoms with Gasteiger partial charge in [0.1, 0.15) is 0 Å². The van der Waals surface area contributed by atoms with Gasteiger partial charge in [-0.1, -0.05) is 12.8 Å². The van der Waals surface area contributed by atoms with Crippen LogP contribution in [0.5, 0.6) is 0 Å². The second-order valence-electron chi connectivity index (χ2n) is 3.38. The maximum atomic E-state index is 9.53. The van der Waals surface area contributed by atoms with Gasteiger partial charge in [0.05, 0.1) is 6.10 Å². The van der Waals surface area contributed by atoms with Crippen molar-refractivity contribution in [2.45, 2.75) is 31.8 Å². The molecule has 1 saturated carbocycles. The Labute approximate surface area is 72.7 Å². The van der Waals surface area contributed by atoms with Crippen molar-refractivity contribution in [1.29, 1.82) is 0 Å². The Bertz CT molecular complexity index is 166. The van der Waals surface area contributed by atoms with Crippen molar-refractivity contribution >= 4 is 5.96 Å². The Hall–Kier alpha value is -0.770. The van der Waals surface area contributed by atoms with Crippen LogP contribution in [0.15, 0.2) is 4.99 Å². The van der Waals surface area contributed by atoms with E-state index in [9.17, 15) is 5.11 Å². The minimum atomic E-state index is -0.207. The Kier molecular flexibility index (Phi) is 3.34. The summed E-state index contributed by atoms with van der Waals surface area (Å²) in [7, 11) is 0. The number of nitrogens with two attached hydrogens (primary N) is 2. The molecular formula is C8H17N3O. The van der Waals surface area contributed by atoms with Gasteiger partial charge < -0.3 is 16.6 Å². The van der Waals surface area contributed by atoms with E-state index in [0.29, 0.717) is 6.54 Å². The molecule has 4 nitrogen and oxygen atoms in total. The molecule has 2 atom stereocenters. The molecule has 0 spiro atoms. The summed E-state index contributed by atoms with van der Waals surface area (Å²) in [5.41, 5.74) is 10.4. The maximum Gasteiger partial charge on any atom is 0.185 e. The van der Waals surface area contributed by atoms with E-state index in [4.69, 9.17) is 11.5 Å². The molecule has 0 heterocycles. The Morgan fingerprint density at radius 1 is 1.33 bits per heavy atom. The lowest BCUT2D eigenvalue weighted by atomic mass is 9.87. The summed E-state index contributed by atoms with van der Waals surface area (Å²) in [5.74, 6) is 0.383. The highest BCUT2D eigenvalue weighted by Crippen LogP contribution is 2.24. The highest BCUT2D eigenvalue weighted by atomic mass is 16.3. The largest absolute Gasteiger partial charge is 0.393 e. The molecule has 5 N–H and O–H groups in total. The lowest BCUT2D eigenvalue weighted by Crippen LogP contribution is -2.29. The number of aliphatic hydroxyl groups is 1. The third kappa shape index (κ3) is 2.70. The number of guanidine groups is 1. The molecule has 1 aliphatic carbocycles. The zero-order valence-electron chi connectivity index (χ0n) is 7.24. The van der Waals surface area contributed by atoms with E-state index in [1.54, 1.807) is 0 Å². The third-order valence-corrected chi connectivity index (χ3v) is 2.38. The van der Waals surface area contributed by atoms with Crippen molar-refractivity contribution in [2.24, 2.45) is 22.4 Å². The zero-order valence-corrected chi connectivity index (χ0v) is 7.24. The van der Waals surface area contributed by atoms with Gasteiger partial charge in [0.15, 0.2) is 5.96 Å². The van der Waals surface area contributed by atoms with E-state index in [0.717, 1.165) is 19.3 Å². The third-order valence-electron chi connectivity index (χ3n) is 2.38. The second kappa shape index (κ2) is 4.30. The maximum absolute atomic E-state index is 9.53. The van der Waals surface area contributed by atoms with Crippen molar-refractivity contribution in [3.63, 3.8) is 0 Å². The van der Waals surface area contributed by atoms with Gasteiger partial charge in [-0.2, -0.15) is 0 Å². The molecule has 0 aromatic heterocycles. The Morgan fingerprint density at radius 3 is 2.58 bits per heavy atom. The zero-order chi connectivity index (χ0) is 8.97. The minimum Gasteiger partial charge on any atom is -0.393 e. The van der Waals surface area contributed by atoms with Crippen LogP contribution in [0.25, 0.3) is 0 Å². The fourth-order valence-electron chi connectivity index (χ4n) is 1.62. The van der Waals surface area contributed by atoms with Crippen LogP contribution in [0.1, 0.15) is 25.7 Å². The standard InChI is InChI=1S/C8H17N3O/c9-8(10)11-5-6-3-1-2-4-7(6)12/h6-7,12H,1-5H2,(H4,9,10,11). The number of aliphatic imine (C=N–C) groups is 1. The molecule has 12 heavy (non-hydrogen) atoms. The van der Waals surface area contributed by atoms with Gasteiger partial charge in [-0.15, -0.1) is 0 Å². The number of hydrogen-bond acceptors (Lipinski definition) is 2. The Balaban J connectivity index is 2.34. The summed E-state index contributed by atoms with van der Waals surface area (Å²) < 4.78 is 0. The fourth-order valence-corrected chi connectivity index (χ4v) is 1.62.